The number of hydrogen-bond acceptors (Lipinski definition) is 4. The van der Waals surface area contributed by atoms with E-state index in [0.717, 1.165) is 53.8 Å². The fourth-order valence-electron chi connectivity index (χ4n) is 4.75. The molecule has 7 heteroatoms. The highest BCUT2D eigenvalue weighted by atomic mass is 16.5. The Morgan fingerprint density at radius 1 is 1.21 bits per heavy atom. The van der Waals surface area contributed by atoms with Gasteiger partial charge in [-0.2, -0.15) is 0 Å². The molecule has 1 amide bonds. The van der Waals surface area contributed by atoms with Crippen molar-refractivity contribution in [1.82, 2.24) is 14.4 Å². The summed E-state index contributed by atoms with van der Waals surface area (Å²) in [6, 6.07) is 11.6. The standard InChI is InChI=1S/C26H28N4O3/c1-3-6-17-7-4-5-8-20(17)28-25(31)19-14-21-22(13-16(19)2)30-23(26(32)29-21)15-27-24(30)18-9-11-33-12-10-18/h4-5,7-8,13-15,18H,3,6,9-12H2,1-2H3,(H,28,31)(H,29,32). The normalized spacial score (nSPS) is 14.7. The first-order valence-corrected chi connectivity index (χ1v) is 11.6. The van der Waals surface area contributed by atoms with Crippen LogP contribution in [0.2, 0.25) is 0 Å². The Hall–Kier alpha value is -3.45. The predicted octanol–water partition coefficient (Wildman–Crippen LogP) is 4.58. The highest BCUT2D eigenvalue weighted by Gasteiger charge is 2.23. The number of aromatic amines is 1. The van der Waals surface area contributed by atoms with Gasteiger partial charge >= 0.3 is 0 Å². The third-order valence-electron chi connectivity index (χ3n) is 6.47. The van der Waals surface area contributed by atoms with Crippen LogP contribution in [0.15, 0.2) is 47.4 Å². The van der Waals surface area contributed by atoms with E-state index in [1.54, 1.807) is 12.3 Å². The molecule has 5 rings (SSSR count). The van der Waals surface area contributed by atoms with Gasteiger partial charge in [0.25, 0.3) is 11.5 Å². The van der Waals surface area contributed by atoms with Crippen molar-refractivity contribution in [3.63, 3.8) is 0 Å². The molecule has 1 aliphatic heterocycles. The monoisotopic (exact) mass is 444 g/mol. The summed E-state index contributed by atoms with van der Waals surface area (Å²) < 4.78 is 7.46. The van der Waals surface area contributed by atoms with Crippen LogP contribution >= 0.6 is 0 Å². The number of hydrogen-bond donors (Lipinski definition) is 2. The fourth-order valence-corrected chi connectivity index (χ4v) is 4.75. The number of anilines is 1. The third kappa shape index (κ3) is 3.93. The summed E-state index contributed by atoms with van der Waals surface area (Å²) in [5, 5.41) is 3.06. The van der Waals surface area contributed by atoms with Gasteiger partial charge in [0.05, 0.1) is 17.2 Å². The van der Waals surface area contributed by atoms with Crippen molar-refractivity contribution in [2.24, 2.45) is 0 Å². The molecule has 0 atom stereocenters. The SMILES string of the molecule is CCCc1ccccc1NC(=O)c1cc2[nH]c(=O)c3cnc(C4CCOCC4)n3c2cc1C. The summed E-state index contributed by atoms with van der Waals surface area (Å²) in [6.07, 6.45) is 5.30. The minimum atomic E-state index is -0.211. The first-order valence-electron chi connectivity index (χ1n) is 11.6. The van der Waals surface area contributed by atoms with E-state index in [2.05, 4.69) is 22.2 Å². The molecule has 0 radical (unpaired) electrons. The summed E-state index contributed by atoms with van der Waals surface area (Å²) in [4.78, 5) is 33.6. The highest BCUT2D eigenvalue weighted by Crippen LogP contribution is 2.29. The van der Waals surface area contributed by atoms with Crippen LogP contribution in [0.5, 0.6) is 0 Å². The molecule has 4 aromatic rings. The van der Waals surface area contributed by atoms with E-state index >= 15 is 0 Å². The molecule has 0 unspecified atom stereocenters. The first kappa shape index (κ1) is 21.4. The molecule has 2 aromatic carbocycles. The zero-order chi connectivity index (χ0) is 22.9. The topological polar surface area (TPSA) is 88.5 Å². The second-order valence-electron chi connectivity index (χ2n) is 8.72. The Morgan fingerprint density at radius 2 is 2.00 bits per heavy atom. The number of benzene rings is 2. The van der Waals surface area contributed by atoms with E-state index in [1.165, 1.54) is 0 Å². The molecule has 3 heterocycles. The number of nitrogens with one attached hydrogen (secondary N) is 2. The molecule has 7 nitrogen and oxygen atoms in total. The van der Waals surface area contributed by atoms with E-state index in [1.807, 2.05) is 41.7 Å². The van der Waals surface area contributed by atoms with Crippen LogP contribution in [0.1, 0.15) is 59.4 Å². The van der Waals surface area contributed by atoms with E-state index in [0.29, 0.717) is 29.8 Å². The smallest absolute Gasteiger partial charge is 0.274 e. The van der Waals surface area contributed by atoms with E-state index in [4.69, 9.17) is 4.74 Å². The van der Waals surface area contributed by atoms with Crippen molar-refractivity contribution in [1.29, 1.82) is 0 Å². The Morgan fingerprint density at radius 3 is 2.79 bits per heavy atom. The molecule has 33 heavy (non-hydrogen) atoms. The number of fused-ring (bicyclic) bond motifs is 3. The number of ether oxygens (including phenoxy) is 1. The molecule has 0 aliphatic carbocycles. The van der Waals surface area contributed by atoms with Crippen molar-refractivity contribution >= 4 is 28.1 Å². The molecule has 170 valence electrons. The van der Waals surface area contributed by atoms with Crippen molar-refractivity contribution in [2.45, 2.75) is 45.4 Å². The Labute approximate surface area is 191 Å². The maximum atomic E-state index is 13.2. The maximum Gasteiger partial charge on any atom is 0.274 e. The second kappa shape index (κ2) is 8.83. The lowest BCUT2D eigenvalue weighted by atomic mass is 9.99. The van der Waals surface area contributed by atoms with Crippen LogP contribution in [0.25, 0.3) is 16.6 Å². The summed E-state index contributed by atoms with van der Waals surface area (Å²) in [6.45, 7) is 5.44. The van der Waals surface area contributed by atoms with Crippen molar-refractivity contribution in [2.75, 3.05) is 18.5 Å². The minimum absolute atomic E-state index is 0.186. The molecular formula is C26H28N4O3. The molecule has 0 bridgehead atoms. The van der Waals surface area contributed by atoms with Gasteiger partial charge in [-0.1, -0.05) is 31.5 Å². The number of imidazole rings is 1. The van der Waals surface area contributed by atoms with Gasteiger partial charge in [-0.15, -0.1) is 0 Å². The maximum absolute atomic E-state index is 13.2. The van der Waals surface area contributed by atoms with Crippen LogP contribution in [0, 0.1) is 6.92 Å². The Balaban J connectivity index is 1.58. The van der Waals surface area contributed by atoms with Crippen LogP contribution < -0.4 is 10.9 Å². The number of aromatic nitrogens is 3. The summed E-state index contributed by atoms with van der Waals surface area (Å²) in [5.74, 6) is 0.938. The van der Waals surface area contributed by atoms with Crippen molar-refractivity contribution in [3.05, 3.63) is 75.5 Å². The van der Waals surface area contributed by atoms with E-state index < -0.39 is 0 Å². The van der Waals surface area contributed by atoms with Crippen LogP contribution in [-0.4, -0.2) is 33.5 Å². The molecule has 0 spiro atoms. The average Bonchev–Trinajstić information content (AvgIpc) is 3.27. The van der Waals surface area contributed by atoms with Gasteiger partial charge < -0.3 is 15.0 Å². The molecular weight excluding hydrogens is 416 g/mol. The molecule has 1 fully saturated rings. The van der Waals surface area contributed by atoms with Crippen LogP contribution in [-0.2, 0) is 11.2 Å². The Kier molecular flexibility index (Phi) is 5.72. The second-order valence-corrected chi connectivity index (χ2v) is 8.72. The van der Waals surface area contributed by atoms with Gasteiger partial charge in [-0.3, -0.25) is 14.0 Å². The number of nitrogens with zero attached hydrogens (tertiary/aromatic N) is 2. The molecule has 1 saturated heterocycles. The van der Waals surface area contributed by atoms with E-state index in [9.17, 15) is 9.59 Å². The van der Waals surface area contributed by atoms with Gasteiger partial charge in [0.2, 0.25) is 0 Å². The Bertz CT molecular complexity index is 1400. The average molecular weight is 445 g/mol. The van der Waals surface area contributed by atoms with Gasteiger partial charge in [-0.05, 0) is 55.5 Å². The number of amides is 1. The molecule has 2 aromatic heterocycles. The first-order chi connectivity index (χ1) is 16.1. The quantitative estimate of drug-likeness (QED) is 0.471. The summed E-state index contributed by atoms with van der Waals surface area (Å²) in [7, 11) is 0. The third-order valence-corrected chi connectivity index (χ3v) is 6.47. The number of carbonyl (C=O) groups is 1. The van der Waals surface area contributed by atoms with Crippen molar-refractivity contribution < 1.29 is 9.53 Å². The molecule has 1 aliphatic rings. The lowest BCUT2D eigenvalue weighted by molar-refractivity contribution is 0.0835. The van der Waals surface area contributed by atoms with E-state index in [-0.39, 0.29) is 17.4 Å². The van der Waals surface area contributed by atoms with Gasteiger partial charge in [0.1, 0.15) is 11.3 Å². The summed E-state index contributed by atoms with van der Waals surface area (Å²) >= 11 is 0. The zero-order valence-corrected chi connectivity index (χ0v) is 19.0. The van der Waals surface area contributed by atoms with Gasteiger partial charge in [-0.25, -0.2) is 4.98 Å². The van der Waals surface area contributed by atoms with Crippen LogP contribution in [0.3, 0.4) is 0 Å². The number of carbonyl (C=O) groups excluding carboxylic acids is 1. The van der Waals surface area contributed by atoms with Gasteiger partial charge in [0, 0.05) is 30.4 Å². The largest absolute Gasteiger partial charge is 0.381 e. The van der Waals surface area contributed by atoms with Gasteiger partial charge in [0.15, 0.2) is 0 Å². The zero-order valence-electron chi connectivity index (χ0n) is 19.0. The lowest BCUT2D eigenvalue weighted by Crippen LogP contribution is -2.19. The number of rotatable bonds is 5. The number of para-hydroxylation sites is 1. The fraction of sp³-hybridized carbons (Fsp3) is 0.346. The van der Waals surface area contributed by atoms with Crippen molar-refractivity contribution in [3.8, 4) is 0 Å². The molecule has 2 N–H and O–H groups in total. The van der Waals surface area contributed by atoms with Crippen LogP contribution in [0.4, 0.5) is 5.69 Å². The molecule has 0 saturated carbocycles. The number of aryl methyl sites for hydroxylation is 2. The number of H-pyrrole nitrogens is 1. The predicted molar refractivity (Wildman–Crippen MR) is 129 cm³/mol. The highest BCUT2D eigenvalue weighted by molar-refractivity contribution is 6.07. The summed E-state index contributed by atoms with van der Waals surface area (Å²) in [5.41, 5.74) is 5.10. The lowest BCUT2D eigenvalue weighted by Gasteiger charge is -2.21. The minimum Gasteiger partial charge on any atom is -0.381 e.